The van der Waals surface area contributed by atoms with Gasteiger partial charge in [0.1, 0.15) is 0 Å². The molecule has 0 radical (unpaired) electrons. The van der Waals surface area contributed by atoms with Crippen molar-refractivity contribution >= 4 is 17.5 Å². The smallest absolute Gasteiger partial charge is 0.237 e. The molecule has 2 aliphatic heterocycles. The van der Waals surface area contributed by atoms with E-state index in [0.29, 0.717) is 6.42 Å². The summed E-state index contributed by atoms with van der Waals surface area (Å²) in [5.41, 5.74) is 6.43. The number of benzene rings is 1. The first-order valence-corrected chi connectivity index (χ1v) is 7.07. The van der Waals surface area contributed by atoms with E-state index < -0.39 is 11.5 Å². The predicted molar refractivity (Wildman–Crippen MR) is 74.1 cm³/mol. The summed E-state index contributed by atoms with van der Waals surface area (Å²) < 4.78 is 0. The average Bonchev–Trinajstić information content (AvgIpc) is 2.88. The third kappa shape index (κ3) is 1.17. The Morgan fingerprint density at radius 2 is 2.05 bits per heavy atom. The van der Waals surface area contributed by atoms with Crippen LogP contribution in [0.3, 0.4) is 0 Å². The third-order valence-corrected chi connectivity index (χ3v) is 5.35. The van der Waals surface area contributed by atoms with E-state index in [4.69, 9.17) is 5.73 Å². The molecule has 2 amide bonds. The second kappa shape index (κ2) is 3.61. The van der Waals surface area contributed by atoms with Crippen LogP contribution in [0, 0.1) is 0 Å². The summed E-state index contributed by atoms with van der Waals surface area (Å²) in [7, 11) is 0. The molecule has 20 heavy (non-hydrogen) atoms. The van der Waals surface area contributed by atoms with E-state index in [1.54, 1.807) is 0 Å². The molecule has 0 bridgehead atoms. The van der Waals surface area contributed by atoms with Crippen LogP contribution in [0.25, 0.3) is 0 Å². The minimum atomic E-state index is -0.637. The van der Waals surface area contributed by atoms with Crippen LogP contribution < -0.4 is 16.4 Å². The van der Waals surface area contributed by atoms with Gasteiger partial charge in [-0.15, -0.1) is 0 Å². The molecule has 104 valence electrons. The number of amides is 2. The van der Waals surface area contributed by atoms with Gasteiger partial charge in [0.25, 0.3) is 0 Å². The number of hydrogen-bond acceptors (Lipinski definition) is 3. The predicted octanol–water partition coefficient (Wildman–Crippen LogP) is 0.646. The highest BCUT2D eigenvalue weighted by molar-refractivity contribution is 6.08. The summed E-state index contributed by atoms with van der Waals surface area (Å²) >= 11 is 0. The van der Waals surface area contributed by atoms with Gasteiger partial charge in [-0.3, -0.25) is 14.9 Å². The van der Waals surface area contributed by atoms with Crippen LogP contribution in [-0.2, 0) is 15.0 Å². The van der Waals surface area contributed by atoms with Gasteiger partial charge in [0.05, 0.1) is 11.5 Å². The molecule has 2 spiro atoms. The summed E-state index contributed by atoms with van der Waals surface area (Å²) in [6.45, 7) is 0. The first kappa shape index (κ1) is 11.9. The van der Waals surface area contributed by atoms with Crippen LogP contribution in [0.2, 0.25) is 0 Å². The zero-order valence-electron chi connectivity index (χ0n) is 11.1. The highest BCUT2D eigenvalue weighted by Gasteiger charge is 2.68. The number of carbonyl (C=O) groups is 2. The van der Waals surface area contributed by atoms with E-state index in [1.165, 1.54) is 0 Å². The zero-order chi connectivity index (χ0) is 14.0. The van der Waals surface area contributed by atoms with Crippen molar-refractivity contribution in [2.75, 3.05) is 5.32 Å². The molecule has 5 heteroatoms. The molecule has 5 nitrogen and oxygen atoms in total. The van der Waals surface area contributed by atoms with Crippen molar-refractivity contribution < 1.29 is 9.59 Å². The van der Waals surface area contributed by atoms with Crippen LogP contribution in [0.4, 0.5) is 5.69 Å². The number of fused-ring (bicyclic) bond motifs is 3. The fraction of sp³-hybridized carbons (Fsp3) is 0.467. The Kier molecular flexibility index (Phi) is 2.15. The maximum Gasteiger partial charge on any atom is 0.237 e. The molecule has 3 aliphatic rings. The number of carbonyl (C=O) groups excluding carboxylic acids is 2. The molecule has 2 heterocycles. The standard InChI is InChI=1S/C15H17N3O2/c16-12(19)11-8-15(14(18-11)6-3-7-14)9-4-1-2-5-10(9)17-13(15)20/h1-2,4-5,11,18H,3,6-8H2,(H2,16,19)(H,17,20). The number of hydrogen-bond donors (Lipinski definition) is 3. The van der Waals surface area contributed by atoms with Crippen molar-refractivity contribution in [3.05, 3.63) is 29.8 Å². The van der Waals surface area contributed by atoms with Gasteiger partial charge in [0.2, 0.25) is 11.8 Å². The Morgan fingerprint density at radius 1 is 1.30 bits per heavy atom. The topological polar surface area (TPSA) is 84.2 Å². The van der Waals surface area contributed by atoms with Gasteiger partial charge in [-0.05, 0) is 37.3 Å². The first-order chi connectivity index (χ1) is 9.59. The van der Waals surface area contributed by atoms with Crippen molar-refractivity contribution in [3.8, 4) is 0 Å². The Balaban J connectivity index is 1.90. The minimum absolute atomic E-state index is 0.00894. The van der Waals surface area contributed by atoms with Crippen LogP contribution >= 0.6 is 0 Å². The molecule has 2 unspecified atom stereocenters. The van der Waals surface area contributed by atoms with Crippen molar-refractivity contribution in [2.24, 2.45) is 5.73 Å². The van der Waals surface area contributed by atoms with E-state index in [2.05, 4.69) is 10.6 Å². The Morgan fingerprint density at radius 3 is 2.70 bits per heavy atom. The van der Waals surface area contributed by atoms with Crippen molar-refractivity contribution in [1.82, 2.24) is 5.32 Å². The first-order valence-electron chi connectivity index (χ1n) is 7.07. The number of rotatable bonds is 1. The molecule has 4 N–H and O–H groups in total. The van der Waals surface area contributed by atoms with Gasteiger partial charge in [-0.25, -0.2) is 0 Å². The van der Waals surface area contributed by atoms with Crippen molar-refractivity contribution in [3.63, 3.8) is 0 Å². The summed E-state index contributed by atoms with van der Waals surface area (Å²) in [5, 5.41) is 6.35. The fourth-order valence-electron chi connectivity index (χ4n) is 4.28. The van der Waals surface area contributed by atoms with Crippen LogP contribution in [0.5, 0.6) is 0 Å². The summed E-state index contributed by atoms with van der Waals surface area (Å²) in [6.07, 6.45) is 3.37. The van der Waals surface area contributed by atoms with Gasteiger partial charge < -0.3 is 11.1 Å². The quantitative estimate of drug-likeness (QED) is 0.701. The van der Waals surface area contributed by atoms with Gasteiger partial charge >= 0.3 is 0 Å². The lowest BCUT2D eigenvalue weighted by molar-refractivity contribution is -0.124. The number of nitrogens with one attached hydrogen (secondary N) is 2. The number of anilines is 1. The SMILES string of the molecule is NC(=O)C1CC2(C(=O)Nc3ccccc32)C2(CCC2)N1. The maximum absolute atomic E-state index is 12.7. The Hall–Kier alpha value is -1.88. The second-order valence-electron chi connectivity index (χ2n) is 6.14. The lowest BCUT2D eigenvalue weighted by Gasteiger charge is -2.49. The number of primary amides is 1. The van der Waals surface area contributed by atoms with Gasteiger partial charge in [-0.2, -0.15) is 0 Å². The molecule has 2 fully saturated rings. The van der Waals surface area contributed by atoms with E-state index in [9.17, 15) is 9.59 Å². The van der Waals surface area contributed by atoms with E-state index in [-0.39, 0.29) is 17.4 Å². The largest absolute Gasteiger partial charge is 0.368 e. The normalized spacial score (nSPS) is 33.0. The molecule has 2 atom stereocenters. The number of nitrogens with two attached hydrogens (primary N) is 1. The van der Waals surface area contributed by atoms with Crippen LogP contribution in [-0.4, -0.2) is 23.4 Å². The van der Waals surface area contributed by atoms with Crippen LogP contribution in [0.15, 0.2) is 24.3 Å². The van der Waals surface area contributed by atoms with Gasteiger partial charge in [0.15, 0.2) is 0 Å². The van der Waals surface area contributed by atoms with Crippen molar-refractivity contribution in [1.29, 1.82) is 0 Å². The number of para-hydroxylation sites is 1. The highest BCUT2D eigenvalue weighted by Crippen LogP contribution is 2.58. The fourth-order valence-corrected chi connectivity index (χ4v) is 4.28. The molecule has 4 rings (SSSR count). The lowest BCUT2D eigenvalue weighted by atomic mass is 9.57. The van der Waals surface area contributed by atoms with Gasteiger partial charge in [-0.1, -0.05) is 18.2 Å². The molecule has 1 aromatic rings. The molecular weight excluding hydrogens is 254 g/mol. The minimum Gasteiger partial charge on any atom is -0.368 e. The molecule has 1 saturated heterocycles. The maximum atomic E-state index is 12.7. The molecular formula is C15H17N3O2. The van der Waals surface area contributed by atoms with E-state index in [1.807, 2.05) is 24.3 Å². The zero-order valence-corrected chi connectivity index (χ0v) is 11.1. The molecule has 0 aromatic heterocycles. The van der Waals surface area contributed by atoms with Crippen LogP contribution in [0.1, 0.15) is 31.2 Å². The summed E-state index contributed by atoms with van der Waals surface area (Å²) in [5.74, 6) is -0.361. The highest BCUT2D eigenvalue weighted by atomic mass is 16.2. The average molecular weight is 271 g/mol. The van der Waals surface area contributed by atoms with E-state index >= 15 is 0 Å². The third-order valence-electron chi connectivity index (χ3n) is 5.35. The Labute approximate surface area is 116 Å². The van der Waals surface area contributed by atoms with Gasteiger partial charge in [0, 0.05) is 11.2 Å². The summed E-state index contributed by atoms with van der Waals surface area (Å²) in [4.78, 5) is 24.3. The molecule has 1 saturated carbocycles. The molecule has 1 aromatic carbocycles. The Bertz CT molecular complexity index is 623. The monoisotopic (exact) mass is 271 g/mol. The van der Waals surface area contributed by atoms with Crippen molar-refractivity contribution in [2.45, 2.75) is 42.7 Å². The summed E-state index contributed by atoms with van der Waals surface area (Å²) in [6, 6.07) is 7.36. The lowest BCUT2D eigenvalue weighted by Crippen LogP contribution is -2.62. The molecule has 1 aliphatic carbocycles. The second-order valence-corrected chi connectivity index (χ2v) is 6.14. The van der Waals surface area contributed by atoms with E-state index in [0.717, 1.165) is 30.5 Å².